The van der Waals surface area contributed by atoms with Gasteiger partial charge in [-0.2, -0.15) is 0 Å². The number of halogens is 2. The lowest BCUT2D eigenvalue weighted by Gasteiger charge is -2.29. The minimum absolute atomic E-state index is 0.121. The minimum atomic E-state index is -0.561. The summed E-state index contributed by atoms with van der Waals surface area (Å²) in [5.41, 5.74) is 1.81. The fourth-order valence-corrected chi connectivity index (χ4v) is 3.37. The molecule has 0 aromatic heterocycles. The quantitative estimate of drug-likeness (QED) is 0.647. The first kappa shape index (κ1) is 22.3. The Balaban J connectivity index is 2.15. The molecule has 0 aliphatic heterocycles. The van der Waals surface area contributed by atoms with E-state index in [0.29, 0.717) is 35.1 Å². The van der Waals surface area contributed by atoms with Crippen LogP contribution in [0.15, 0.2) is 48.5 Å². The van der Waals surface area contributed by atoms with E-state index in [2.05, 4.69) is 5.32 Å². The van der Waals surface area contributed by atoms with Crippen molar-refractivity contribution in [1.82, 2.24) is 10.2 Å². The highest BCUT2D eigenvalue weighted by atomic mass is 35.5. The monoisotopic (exact) mass is 420 g/mol. The highest BCUT2D eigenvalue weighted by molar-refractivity contribution is 6.35. The van der Waals surface area contributed by atoms with Crippen molar-refractivity contribution in [3.63, 3.8) is 0 Å². The van der Waals surface area contributed by atoms with Crippen LogP contribution in [0.2, 0.25) is 10.0 Å². The molecular weight excluding hydrogens is 395 g/mol. The summed E-state index contributed by atoms with van der Waals surface area (Å²) in [6.07, 6.45) is 1.64. The summed E-state index contributed by atoms with van der Waals surface area (Å²) in [7, 11) is 0. The van der Waals surface area contributed by atoms with E-state index in [-0.39, 0.29) is 18.2 Å². The van der Waals surface area contributed by atoms with Crippen LogP contribution < -0.4 is 5.32 Å². The van der Waals surface area contributed by atoms with Crippen LogP contribution in [0.25, 0.3) is 0 Å². The summed E-state index contributed by atoms with van der Waals surface area (Å²) in [4.78, 5) is 27.1. The summed E-state index contributed by atoms with van der Waals surface area (Å²) in [5.74, 6) is -0.287. The molecule has 0 saturated carbocycles. The first-order valence-electron chi connectivity index (χ1n) is 9.47. The normalized spacial score (nSPS) is 11.7. The minimum Gasteiger partial charge on any atom is -0.354 e. The number of carbonyl (C=O) groups is 2. The lowest BCUT2D eigenvalue weighted by atomic mass is 10.1. The average molecular weight is 421 g/mol. The SMILES string of the molecule is CCCNC(=O)C(C)N(CCc1ccccc1)C(=O)Cc1ccc(Cl)cc1Cl. The van der Waals surface area contributed by atoms with Crippen LogP contribution in [-0.4, -0.2) is 35.8 Å². The van der Waals surface area contributed by atoms with Crippen molar-refractivity contribution in [2.75, 3.05) is 13.1 Å². The van der Waals surface area contributed by atoms with Crippen LogP contribution in [0.5, 0.6) is 0 Å². The van der Waals surface area contributed by atoms with Crippen molar-refractivity contribution >= 4 is 35.0 Å². The van der Waals surface area contributed by atoms with E-state index in [1.807, 2.05) is 37.3 Å². The molecule has 0 spiro atoms. The van der Waals surface area contributed by atoms with Crippen molar-refractivity contribution in [3.8, 4) is 0 Å². The zero-order chi connectivity index (χ0) is 20.5. The maximum Gasteiger partial charge on any atom is 0.242 e. The van der Waals surface area contributed by atoms with Gasteiger partial charge in [0.05, 0.1) is 6.42 Å². The van der Waals surface area contributed by atoms with Gasteiger partial charge in [-0.1, -0.05) is 66.5 Å². The second-order valence-electron chi connectivity index (χ2n) is 6.70. The molecule has 6 heteroatoms. The number of nitrogens with one attached hydrogen (secondary N) is 1. The predicted octanol–water partition coefficient (Wildman–Crippen LogP) is 4.52. The van der Waals surface area contributed by atoms with Crippen molar-refractivity contribution in [1.29, 1.82) is 0 Å². The molecule has 0 aliphatic rings. The predicted molar refractivity (Wildman–Crippen MR) is 115 cm³/mol. The van der Waals surface area contributed by atoms with E-state index in [0.717, 1.165) is 12.0 Å². The molecule has 1 atom stereocenters. The van der Waals surface area contributed by atoms with Crippen LogP contribution in [0.1, 0.15) is 31.4 Å². The molecule has 0 bridgehead atoms. The molecule has 2 rings (SSSR count). The van der Waals surface area contributed by atoms with Gasteiger partial charge in [-0.15, -0.1) is 0 Å². The summed E-state index contributed by atoms with van der Waals surface area (Å²) >= 11 is 12.2. The van der Waals surface area contributed by atoms with Gasteiger partial charge in [0.2, 0.25) is 11.8 Å². The van der Waals surface area contributed by atoms with Gasteiger partial charge in [0, 0.05) is 23.1 Å². The third-order valence-corrected chi connectivity index (χ3v) is 5.14. The van der Waals surface area contributed by atoms with Gasteiger partial charge < -0.3 is 10.2 Å². The van der Waals surface area contributed by atoms with Gasteiger partial charge in [-0.3, -0.25) is 9.59 Å². The molecule has 2 aromatic carbocycles. The van der Waals surface area contributed by atoms with E-state index >= 15 is 0 Å². The van der Waals surface area contributed by atoms with Gasteiger partial charge in [0.1, 0.15) is 6.04 Å². The topological polar surface area (TPSA) is 49.4 Å². The molecule has 0 aliphatic carbocycles. The Bertz CT molecular complexity index is 796. The largest absolute Gasteiger partial charge is 0.354 e. The zero-order valence-corrected chi connectivity index (χ0v) is 17.8. The molecule has 0 fully saturated rings. The van der Waals surface area contributed by atoms with Crippen molar-refractivity contribution in [2.24, 2.45) is 0 Å². The lowest BCUT2D eigenvalue weighted by Crippen LogP contribution is -2.49. The zero-order valence-electron chi connectivity index (χ0n) is 16.3. The molecule has 1 N–H and O–H groups in total. The van der Waals surface area contributed by atoms with Crippen LogP contribution in [0.3, 0.4) is 0 Å². The smallest absolute Gasteiger partial charge is 0.242 e. The van der Waals surface area contributed by atoms with Crippen LogP contribution in [-0.2, 0) is 22.4 Å². The van der Waals surface area contributed by atoms with Crippen molar-refractivity contribution < 1.29 is 9.59 Å². The summed E-state index contributed by atoms with van der Waals surface area (Å²) in [6.45, 7) is 4.80. The molecular formula is C22H26Cl2N2O2. The maximum absolute atomic E-state index is 13.0. The summed E-state index contributed by atoms with van der Waals surface area (Å²) < 4.78 is 0. The van der Waals surface area contributed by atoms with Gasteiger partial charge >= 0.3 is 0 Å². The van der Waals surface area contributed by atoms with Crippen LogP contribution >= 0.6 is 23.2 Å². The molecule has 28 heavy (non-hydrogen) atoms. The molecule has 150 valence electrons. The van der Waals surface area contributed by atoms with Gasteiger partial charge in [0.15, 0.2) is 0 Å². The standard InChI is InChI=1S/C22H26Cl2N2O2/c1-3-12-25-22(28)16(2)26(13-11-17-7-5-4-6-8-17)21(27)14-18-9-10-19(23)15-20(18)24/h4-10,15-16H,3,11-14H2,1-2H3,(H,25,28). The van der Waals surface area contributed by atoms with E-state index < -0.39 is 6.04 Å². The Kier molecular flexibility index (Phi) is 8.81. The third-order valence-electron chi connectivity index (χ3n) is 4.56. The van der Waals surface area contributed by atoms with Gasteiger partial charge in [0.25, 0.3) is 0 Å². The van der Waals surface area contributed by atoms with Crippen molar-refractivity contribution in [3.05, 3.63) is 69.7 Å². The number of amides is 2. The third kappa shape index (κ3) is 6.54. The molecule has 0 heterocycles. The number of rotatable bonds is 9. The highest BCUT2D eigenvalue weighted by Crippen LogP contribution is 2.22. The van der Waals surface area contributed by atoms with Gasteiger partial charge in [-0.05, 0) is 43.0 Å². The fourth-order valence-electron chi connectivity index (χ4n) is 2.90. The molecule has 0 saturated heterocycles. The highest BCUT2D eigenvalue weighted by Gasteiger charge is 2.26. The average Bonchev–Trinajstić information content (AvgIpc) is 2.69. The Morgan fingerprint density at radius 3 is 2.46 bits per heavy atom. The molecule has 2 aromatic rings. The fraction of sp³-hybridized carbons (Fsp3) is 0.364. The van der Waals surface area contributed by atoms with Crippen LogP contribution in [0.4, 0.5) is 0 Å². The van der Waals surface area contributed by atoms with Crippen molar-refractivity contribution in [2.45, 2.75) is 39.2 Å². The number of carbonyl (C=O) groups excluding carboxylic acids is 2. The number of nitrogens with zero attached hydrogens (tertiary/aromatic N) is 1. The maximum atomic E-state index is 13.0. The molecule has 4 nitrogen and oxygen atoms in total. The molecule has 1 unspecified atom stereocenters. The number of benzene rings is 2. The van der Waals surface area contributed by atoms with E-state index in [4.69, 9.17) is 23.2 Å². The Hall–Kier alpha value is -2.04. The summed E-state index contributed by atoms with van der Waals surface area (Å²) in [5, 5.41) is 3.85. The second-order valence-corrected chi connectivity index (χ2v) is 7.55. The van der Waals surface area contributed by atoms with Gasteiger partial charge in [-0.25, -0.2) is 0 Å². The molecule has 0 radical (unpaired) electrons. The lowest BCUT2D eigenvalue weighted by molar-refractivity contribution is -0.139. The second kappa shape index (κ2) is 11.1. The first-order chi connectivity index (χ1) is 13.4. The Morgan fingerprint density at radius 2 is 1.82 bits per heavy atom. The Morgan fingerprint density at radius 1 is 1.11 bits per heavy atom. The first-order valence-corrected chi connectivity index (χ1v) is 10.2. The number of hydrogen-bond acceptors (Lipinski definition) is 2. The number of hydrogen-bond donors (Lipinski definition) is 1. The molecule has 2 amide bonds. The van der Waals surface area contributed by atoms with E-state index in [9.17, 15) is 9.59 Å². The van der Waals surface area contributed by atoms with Crippen LogP contribution in [0, 0.1) is 0 Å². The Labute approximate surface area is 176 Å². The van der Waals surface area contributed by atoms with E-state index in [1.165, 1.54) is 0 Å². The summed E-state index contributed by atoms with van der Waals surface area (Å²) in [6, 6.07) is 14.4. The van der Waals surface area contributed by atoms with E-state index in [1.54, 1.807) is 30.0 Å².